The molecule has 28 heavy (non-hydrogen) atoms. The third-order valence-electron chi connectivity index (χ3n) is 4.38. The second-order valence-electron chi connectivity index (χ2n) is 6.65. The number of carbonyl (C=O) groups excluding carboxylic acids is 2. The van der Waals surface area contributed by atoms with Crippen LogP contribution in [-0.4, -0.2) is 40.2 Å². The summed E-state index contributed by atoms with van der Waals surface area (Å²) in [7, 11) is 3.32. The van der Waals surface area contributed by atoms with Crippen LogP contribution in [0.25, 0.3) is 11.0 Å². The number of hydrogen-bond acceptors (Lipinski definition) is 5. The summed E-state index contributed by atoms with van der Waals surface area (Å²) in [6, 6.07) is 7.19. The van der Waals surface area contributed by atoms with Crippen molar-refractivity contribution in [3.63, 3.8) is 0 Å². The van der Waals surface area contributed by atoms with Gasteiger partial charge in [0.15, 0.2) is 5.65 Å². The zero-order valence-corrected chi connectivity index (χ0v) is 16.6. The predicted octanol–water partition coefficient (Wildman–Crippen LogP) is 2.27. The lowest BCUT2D eigenvalue weighted by Gasteiger charge is -2.12. The first-order valence-electron chi connectivity index (χ1n) is 8.83. The molecule has 0 aliphatic heterocycles. The number of benzene rings is 1. The molecule has 0 radical (unpaired) electrons. The van der Waals surface area contributed by atoms with Crippen LogP contribution >= 0.6 is 0 Å². The number of aryl methyl sites for hydroxylation is 4. The molecule has 146 valence electrons. The Balaban J connectivity index is 1.75. The second-order valence-corrected chi connectivity index (χ2v) is 6.65. The van der Waals surface area contributed by atoms with Crippen molar-refractivity contribution in [1.29, 1.82) is 0 Å². The van der Waals surface area contributed by atoms with Crippen molar-refractivity contribution in [2.75, 3.05) is 19.0 Å². The summed E-state index contributed by atoms with van der Waals surface area (Å²) < 4.78 is 6.90. The van der Waals surface area contributed by atoms with E-state index < -0.39 is 0 Å². The Bertz CT molecular complexity index is 1070. The van der Waals surface area contributed by atoms with Gasteiger partial charge in [0.25, 0.3) is 5.91 Å². The normalized spacial score (nSPS) is 10.8. The minimum atomic E-state index is -0.349. The van der Waals surface area contributed by atoms with Gasteiger partial charge in [0.1, 0.15) is 5.75 Å². The van der Waals surface area contributed by atoms with Crippen molar-refractivity contribution in [2.24, 2.45) is 7.05 Å². The van der Waals surface area contributed by atoms with E-state index in [-0.39, 0.29) is 18.4 Å². The first-order chi connectivity index (χ1) is 13.3. The summed E-state index contributed by atoms with van der Waals surface area (Å²) in [6.45, 7) is 5.39. The molecular weight excluding hydrogens is 358 g/mol. The number of methoxy groups -OCH3 is 1. The third kappa shape index (κ3) is 3.80. The summed E-state index contributed by atoms with van der Waals surface area (Å²) in [5, 5.41) is 10.5. The summed E-state index contributed by atoms with van der Waals surface area (Å²) in [6.07, 6.45) is 0. The highest BCUT2D eigenvalue weighted by Gasteiger charge is 2.18. The van der Waals surface area contributed by atoms with Crippen molar-refractivity contribution < 1.29 is 14.3 Å². The first-order valence-corrected chi connectivity index (χ1v) is 8.83. The van der Waals surface area contributed by atoms with Crippen LogP contribution < -0.4 is 15.4 Å². The number of hydrogen-bond donors (Lipinski definition) is 2. The van der Waals surface area contributed by atoms with E-state index in [1.807, 2.05) is 32.9 Å². The molecule has 8 nitrogen and oxygen atoms in total. The van der Waals surface area contributed by atoms with Gasteiger partial charge in [0.2, 0.25) is 5.91 Å². The van der Waals surface area contributed by atoms with Crippen LogP contribution in [0, 0.1) is 20.8 Å². The molecule has 2 heterocycles. The highest BCUT2D eigenvalue weighted by Crippen LogP contribution is 2.25. The molecule has 0 aliphatic rings. The van der Waals surface area contributed by atoms with Gasteiger partial charge in [-0.25, -0.2) is 4.98 Å². The molecule has 0 bridgehead atoms. The lowest BCUT2D eigenvalue weighted by molar-refractivity contribution is -0.115. The Labute approximate surface area is 162 Å². The molecule has 0 fully saturated rings. The summed E-state index contributed by atoms with van der Waals surface area (Å²) in [5.41, 5.74) is 4.05. The van der Waals surface area contributed by atoms with Gasteiger partial charge in [-0.1, -0.05) is 6.07 Å². The number of pyridine rings is 1. The highest BCUT2D eigenvalue weighted by atomic mass is 16.5. The fraction of sp³-hybridized carbons (Fsp3) is 0.300. The maximum Gasteiger partial charge on any atom is 0.252 e. The summed E-state index contributed by atoms with van der Waals surface area (Å²) in [4.78, 5) is 29.5. The van der Waals surface area contributed by atoms with Crippen LogP contribution in [0.15, 0.2) is 24.3 Å². The SMILES string of the molecule is COc1ccc(C)cc1NC(=O)CNC(=O)c1cc(C)nc2c1c(C)nn2C. The molecule has 2 aromatic heterocycles. The molecule has 0 atom stereocenters. The van der Waals surface area contributed by atoms with Gasteiger partial charge in [-0.3, -0.25) is 14.3 Å². The van der Waals surface area contributed by atoms with E-state index in [1.165, 1.54) is 7.11 Å². The maximum absolute atomic E-state index is 12.7. The number of nitrogens with one attached hydrogen (secondary N) is 2. The summed E-state index contributed by atoms with van der Waals surface area (Å²) in [5.74, 6) is -0.136. The predicted molar refractivity (Wildman–Crippen MR) is 107 cm³/mol. The third-order valence-corrected chi connectivity index (χ3v) is 4.38. The lowest BCUT2D eigenvalue weighted by Crippen LogP contribution is -2.33. The molecule has 3 aromatic rings. The van der Waals surface area contributed by atoms with Gasteiger partial charge in [-0.05, 0) is 44.5 Å². The van der Waals surface area contributed by atoms with E-state index in [1.54, 1.807) is 23.9 Å². The smallest absolute Gasteiger partial charge is 0.252 e. The minimum Gasteiger partial charge on any atom is -0.495 e. The van der Waals surface area contributed by atoms with Crippen molar-refractivity contribution in [2.45, 2.75) is 20.8 Å². The van der Waals surface area contributed by atoms with E-state index in [0.29, 0.717) is 39.4 Å². The van der Waals surface area contributed by atoms with Crippen LogP contribution in [0.4, 0.5) is 5.69 Å². The van der Waals surface area contributed by atoms with E-state index in [0.717, 1.165) is 5.56 Å². The van der Waals surface area contributed by atoms with Gasteiger partial charge in [-0.15, -0.1) is 0 Å². The standard InChI is InChI=1S/C20H23N5O3/c1-11-6-7-16(28-5)15(8-11)23-17(26)10-21-20(27)14-9-12(2)22-19-18(14)13(3)24-25(19)4/h6-9H,10H2,1-5H3,(H,21,27)(H,23,26). The van der Waals surface area contributed by atoms with Crippen molar-refractivity contribution in [3.05, 3.63) is 46.8 Å². The second kappa shape index (κ2) is 7.67. The molecule has 3 rings (SSSR count). The molecule has 0 saturated carbocycles. The van der Waals surface area contributed by atoms with Crippen LogP contribution in [0.2, 0.25) is 0 Å². The summed E-state index contributed by atoms with van der Waals surface area (Å²) >= 11 is 0. The molecular formula is C20H23N5O3. The van der Waals surface area contributed by atoms with E-state index in [2.05, 4.69) is 20.7 Å². The maximum atomic E-state index is 12.7. The Morgan fingerprint density at radius 1 is 1.18 bits per heavy atom. The number of anilines is 1. The molecule has 8 heteroatoms. The topological polar surface area (TPSA) is 98.1 Å². The number of rotatable bonds is 5. The van der Waals surface area contributed by atoms with Gasteiger partial charge in [0.05, 0.1) is 36.0 Å². The Hall–Kier alpha value is -3.42. The van der Waals surface area contributed by atoms with Gasteiger partial charge >= 0.3 is 0 Å². The Morgan fingerprint density at radius 2 is 1.93 bits per heavy atom. The van der Waals surface area contributed by atoms with E-state index in [4.69, 9.17) is 4.74 Å². The average Bonchev–Trinajstić information content (AvgIpc) is 2.93. The molecule has 1 aromatic carbocycles. The largest absolute Gasteiger partial charge is 0.495 e. The van der Waals surface area contributed by atoms with Crippen LogP contribution in [-0.2, 0) is 11.8 Å². The lowest BCUT2D eigenvalue weighted by atomic mass is 10.1. The van der Waals surface area contributed by atoms with E-state index in [9.17, 15) is 9.59 Å². The fourth-order valence-electron chi connectivity index (χ4n) is 3.12. The quantitative estimate of drug-likeness (QED) is 0.706. The first kappa shape index (κ1) is 19.3. The molecule has 2 amide bonds. The number of nitrogens with zero attached hydrogens (tertiary/aromatic N) is 3. The fourth-order valence-corrected chi connectivity index (χ4v) is 3.12. The number of fused-ring (bicyclic) bond motifs is 1. The zero-order valence-electron chi connectivity index (χ0n) is 16.6. The highest BCUT2D eigenvalue weighted by molar-refractivity contribution is 6.08. The minimum absolute atomic E-state index is 0.169. The van der Waals surface area contributed by atoms with Crippen molar-refractivity contribution >= 4 is 28.5 Å². The molecule has 0 unspecified atom stereocenters. The van der Waals surface area contributed by atoms with Crippen LogP contribution in [0.3, 0.4) is 0 Å². The monoisotopic (exact) mass is 381 g/mol. The van der Waals surface area contributed by atoms with Crippen LogP contribution in [0.5, 0.6) is 5.75 Å². The van der Waals surface area contributed by atoms with Crippen LogP contribution in [0.1, 0.15) is 27.3 Å². The number of amides is 2. The van der Waals surface area contributed by atoms with Gasteiger partial charge in [-0.2, -0.15) is 5.10 Å². The number of carbonyl (C=O) groups is 2. The number of aromatic nitrogens is 3. The molecule has 0 spiro atoms. The van der Waals surface area contributed by atoms with Gasteiger partial charge < -0.3 is 15.4 Å². The molecule has 0 saturated heterocycles. The molecule has 0 aliphatic carbocycles. The average molecular weight is 381 g/mol. The zero-order chi connectivity index (χ0) is 20.4. The van der Waals surface area contributed by atoms with E-state index >= 15 is 0 Å². The van der Waals surface area contributed by atoms with Gasteiger partial charge in [0, 0.05) is 12.7 Å². The Kier molecular flexibility index (Phi) is 5.30. The number of ether oxygens (including phenoxy) is 1. The van der Waals surface area contributed by atoms with Crippen molar-refractivity contribution in [1.82, 2.24) is 20.1 Å². The molecule has 2 N–H and O–H groups in total. The Morgan fingerprint density at radius 3 is 2.64 bits per heavy atom. The van der Waals surface area contributed by atoms with Crippen molar-refractivity contribution in [3.8, 4) is 5.75 Å².